The number of unbranched alkanes of at least 4 members (excludes halogenated alkanes) is 29. The molecular weight excluding hydrogens is 1860 g/mol. The second-order valence-corrected chi connectivity index (χ2v) is 38.2. The maximum Gasteiger partial charge on any atom is 0.364 e. The van der Waals surface area contributed by atoms with Crippen molar-refractivity contribution in [2.24, 2.45) is 5.92 Å². The highest BCUT2D eigenvalue weighted by molar-refractivity contribution is 5.79. The molecule has 46 heteroatoms. The molecule has 812 valence electrons. The van der Waals surface area contributed by atoms with E-state index in [0.29, 0.717) is 12.8 Å². The van der Waals surface area contributed by atoms with Crippen LogP contribution in [0.2, 0.25) is 0 Å². The van der Waals surface area contributed by atoms with E-state index >= 15 is 0 Å². The van der Waals surface area contributed by atoms with Gasteiger partial charge >= 0.3 is 17.9 Å². The van der Waals surface area contributed by atoms with Gasteiger partial charge in [-0.1, -0.05) is 206 Å². The number of nitrogens with one attached hydrogen (secondary N) is 4. The molecule has 0 saturated carbocycles. The van der Waals surface area contributed by atoms with Crippen LogP contribution in [0.15, 0.2) is 12.2 Å². The maximum absolute atomic E-state index is 14.5. The number of ketones is 1. The fourth-order valence-corrected chi connectivity index (χ4v) is 19.0. The van der Waals surface area contributed by atoms with E-state index in [2.05, 4.69) is 35.1 Å². The summed E-state index contributed by atoms with van der Waals surface area (Å²) >= 11 is 0. The van der Waals surface area contributed by atoms with Gasteiger partial charge in [0.05, 0.1) is 101 Å². The molecule has 0 radical (unpaired) electrons. The van der Waals surface area contributed by atoms with Crippen molar-refractivity contribution >= 4 is 47.3 Å². The van der Waals surface area contributed by atoms with Crippen LogP contribution in [0.5, 0.6) is 0 Å². The minimum atomic E-state index is -3.71. The van der Waals surface area contributed by atoms with Crippen molar-refractivity contribution in [3.05, 3.63) is 12.2 Å². The molecule has 0 aromatic heterocycles. The lowest BCUT2D eigenvalue weighted by Crippen LogP contribution is -2.72. The first-order chi connectivity index (χ1) is 66.6. The first kappa shape index (κ1) is 123. The molecular formula is C94H164N4O42. The van der Waals surface area contributed by atoms with Crippen molar-refractivity contribution < 1.29 is 208 Å². The van der Waals surface area contributed by atoms with Crippen LogP contribution in [-0.4, -0.2) is 413 Å². The second-order valence-electron chi connectivity index (χ2n) is 38.2. The van der Waals surface area contributed by atoms with Crippen LogP contribution in [0.1, 0.15) is 273 Å². The first-order valence-electron chi connectivity index (χ1n) is 50.1. The van der Waals surface area contributed by atoms with E-state index in [1.807, 2.05) is 0 Å². The highest BCUT2D eigenvalue weighted by atomic mass is 16.8. The fourth-order valence-electron chi connectivity index (χ4n) is 19.0. The number of hydrogen-bond acceptors (Lipinski definition) is 39. The molecule has 0 bridgehead atoms. The number of ether oxygens (including phenoxy) is 12. The fraction of sp³-hybridized carbons (Fsp3) is 0.894. The average Bonchev–Trinajstić information content (AvgIpc) is 0.796. The Kier molecular flexibility index (Phi) is 55.0. The van der Waals surface area contributed by atoms with Gasteiger partial charge in [0.2, 0.25) is 23.6 Å². The quantitative estimate of drug-likeness (QED) is 0.0234. The molecule has 0 spiro atoms. The molecule has 6 rings (SSSR count). The van der Waals surface area contributed by atoms with Crippen LogP contribution < -0.4 is 21.3 Å². The number of carboxylic acid groups (broad SMARTS) is 3. The van der Waals surface area contributed by atoms with Crippen LogP contribution in [-0.2, 0) is 95.2 Å². The van der Waals surface area contributed by atoms with Crippen molar-refractivity contribution in [3.8, 4) is 0 Å². The zero-order valence-corrected chi connectivity index (χ0v) is 81.5. The monoisotopic (exact) mass is 2020 g/mol. The minimum Gasteiger partial charge on any atom is -0.477 e. The smallest absolute Gasteiger partial charge is 0.364 e. The number of hydrogen-bond donors (Lipinski definition) is 26. The highest BCUT2D eigenvalue weighted by Crippen LogP contribution is 2.45. The average molecular weight is 2020 g/mol. The minimum absolute atomic E-state index is 0.0835. The normalized spacial score (nSPS) is 33.4. The number of aliphatic hydroxyl groups excluding tert-OH is 19. The van der Waals surface area contributed by atoms with Gasteiger partial charge in [0.1, 0.15) is 122 Å². The number of aliphatic hydroxyl groups is 19. The van der Waals surface area contributed by atoms with Crippen LogP contribution >= 0.6 is 0 Å². The first-order valence-corrected chi connectivity index (χ1v) is 50.1. The van der Waals surface area contributed by atoms with Gasteiger partial charge in [-0.2, -0.15) is 0 Å². The van der Waals surface area contributed by atoms with E-state index in [9.17, 15) is 151 Å². The summed E-state index contributed by atoms with van der Waals surface area (Å²) in [5.41, 5.74) is 0. The number of aliphatic carboxylic acids is 3. The van der Waals surface area contributed by atoms with E-state index in [0.717, 1.165) is 91.9 Å². The molecule has 3 unspecified atom stereocenters. The van der Waals surface area contributed by atoms with Crippen molar-refractivity contribution in [2.45, 2.75) is 480 Å². The third-order valence-electron chi connectivity index (χ3n) is 26.8. The summed E-state index contributed by atoms with van der Waals surface area (Å²) in [5, 5.41) is 261. The third kappa shape index (κ3) is 36.5. The Morgan fingerprint density at radius 2 is 0.779 bits per heavy atom. The zero-order valence-electron chi connectivity index (χ0n) is 81.5. The van der Waals surface area contributed by atoms with Crippen LogP contribution in [0.3, 0.4) is 0 Å². The molecule has 6 fully saturated rings. The maximum atomic E-state index is 14.5. The Hall–Kier alpha value is -5.54. The van der Waals surface area contributed by atoms with Crippen molar-refractivity contribution in [2.75, 3.05) is 46.2 Å². The van der Waals surface area contributed by atoms with E-state index in [1.165, 1.54) is 128 Å². The van der Waals surface area contributed by atoms with Gasteiger partial charge in [-0.25, -0.2) is 14.4 Å². The molecule has 6 heterocycles. The van der Waals surface area contributed by atoms with Crippen LogP contribution in [0, 0.1) is 5.92 Å². The molecule has 35 atom stereocenters. The lowest BCUT2D eigenvalue weighted by atomic mass is 9.86. The molecule has 46 nitrogen and oxygen atoms in total. The number of Topliss-reactive ketones (excluding diaryl/α,β-unsaturated/α-hetero) is 1. The Labute approximate surface area is 816 Å². The second kappa shape index (κ2) is 62.6. The summed E-state index contributed by atoms with van der Waals surface area (Å²) in [7, 11) is 0. The number of carbonyl (C=O) groups excluding carboxylic acids is 5. The Balaban J connectivity index is 1.29. The molecule has 6 aliphatic rings. The van der Waals surface area contributed by atoms with Gasteiger partial charge in [0.25, 0.3) is 17.4 Å². The van der Waals surface area contributed by atoms with E-state index in [-0.39, 0.29) is 6.42 Å². The van der Waals surface area contributed by atoms with E-state index in [4.69, 9.17) is 56.8 Å². The van der Waals surface area contributed by atoms with Crippen molar-refractivity contribution in [1.82, 2.24) is 21.3 Å². The molecule has 0 aromatic carbocycles. The summed E-state index contributed by atoms with van der Waals surface area (Å²) < 4.78 is 72.0. The lowest BCUT2D eigenvalue weighted by molar-refractivity contribution is -0.404. The van der Waals surface area contributed by atoms with E-state index < -0.39 is 332 Å². The summed E-state index contributed by atoms with van der Waals surface area (Å²) in [5.74, 6) is -23.6. The largest absolute Gasteiger partial charge is 0.477 e. The summed E-state index contributed by atoms with van der Waals surface area (Å²) in [6.07, 6.45) is -28.6. The molecule has 6 aliphatic heterocycles. The standard InChI is InChI=1S/C94H164N4O42/c1-7-9-11-13-15-17-19-21-22-23-24-25-26-28-30-32-34-36-38-40-68(114)98-57(58(109)39-37-35-33-31-29-27-20-18-16-14-12-10-8-2)51-129-87-78(121)77(120)80(66(49-103)131-87)133-88-79(122)85(81(67(50-104)132-88)134-86-56(41-52(3)105)72(115)74(117)63(46-100)130-86)140-94(91(127)128)44-61(112)71(97-55(6)108)84(139-94)76(119)65(48-102)136-93(90(125)126)43-60(111)70(96-54(5)107)83(138-93)75(118)64(47-101)135-92(89(123)124)42-59(110)69(95-53(4)106)82(137-92)73(116)62(113)45-99/h37,39,56-67,69-88,99-104,109-113,115-122H,7-36,38,40-51H2,1-6H3,(H,95,106)(H,96,107)(H,97,108)(H,98,114)(H,123,124)(H,125,126)(H,127,128)/t56-,57+,58-,59+,60+,61+,62-,63-,64-,65-,66-,67-,69-,70-,71-,72-,73-,74+,75-,76-,77-,78-,79-,80-,81+,82?,83?,84?,85-,86+,87-,88+,92-,93-,94+/m1/s1. The van der Waals surface area contributed by atoms with Crippen molar-refractivity contribution in [3.63, 3.8) is 0 Å². The molecule has 140 heavy (non-hydrogen) atoms. The van der Waals surface area contributed by atoms with Gasteiger partial charge in [0.15, 0.2) is 18.9 Å². The van der Waals surface area contributed by atoms with Gasteiger partial charge in [0, 0.05) is 58.8 Å². The molecule has 6 saturated heterocycles. The summed E-state index contributed by atoms with van der Waals surface area (Å²) in [4.78, 5) is 107. The topological polar surface area (TPSA) is 741 Å². The highest BCUT2D eigenvalue weighted by Gasteiger charge is 2.65. The van der Waals surface area contributed by atoms with Crippen LogP contribution in [0.25, 0.3) is 0 Å². The summed E-state index contributed by atoms with van der Waals surface area (Å²) in [6, 6.07) is -7.29. The number of rotatable bonds is 68. The van der Waals surface area contributed by atoms with Crippen molar-refractivity contribution in [1.29, 1.82) is 0 Å². The summed E-state index contributed by atoms with van der Waals surface area (Å²) in [6.45, 7) is -0.570. The molecule has 4 amide bonds. The van der Waals surface area contributed by atoms with Gasteiger partial charge in [-0.15, -0.1) is 0 Å². The lowest BCUT2D eigenvalue weighted by Gasteiger charge is -2.53. The van der Waals surface area contributed by atoms with Gasteiger partial charge in [-0.05, 0) is 26.2 Å². The Morgan fingerprint density at radius 3 is 1.17 bits per heavy atom. The third-order valence-corrected chi connectivity index (χ3v) is 26.8. The van der Waals surface area contributed by atoms with Gasteiger partial charge < -0.3 is 195 Å². The number of allylic oxidation sites excluding steroid dienone is 1. The van der Waals surface area contributed by atoms with E-state index in [1.54, 1.807) is 6.08 Å². The predicted octanol–water partition coefficient (Wildman–Crippen LogP) is -1.87. The Bertz CT molecular complexity index is 3640. The zero-order chi connectivity index (χ0) is 104. The van der Waals surface area contributed by atoms with Crippen LogP contribution in [0.4, 0.5) is 0 Å². The number of carbonyl (C=O) groups is 8. The number of amides is 4. The van der Waals surface area contributed by atoms with Gasteiger partial charge in [-0.3, -0.25) is 19.2 Å². The molecule has 26 N–H and O–H groups in total. The predicted molar refractivity (Wildman–Crippen MR) is 488 cm³/mol. The number of carboxylic acids is 3. The Morgan fingerprint density at radius 1 is 0.407 bits per heavy atom. The molecule has 0 aromatic rings. The molecule has 0 aliphatic carbocycles. The SMILES string of the molecule is CCCCCCCCCCCCCC=C[C@@H](O)[C@H](CO[C@@H]1O[C@H](CO)[C@@H](O[C@@H]2O[C@H](CO)[C@H](O[C@@H]3O[C@H](CO)[C@H](O)[C@H](O)[C@H]3CC(C)=O)[C@H](O[C@]3(C(=O)O)C[C@H](O)[C@@H](NC(C)=O)C([C@H](O)[C@@H](CO)O[C@]4(C(=O)O)C[C@H](O)[C@@H](NC(C)=O)C([C@H](O)[C@@H](CO)O[C@]5(C(=O)O)C[C@H](O)[C@@H](NC(C)=O)C([C@H](O)[C@H](O)CO)O5)O4)O3)[C@H]2O)[C@H](O)[C@H]1O)NC(=O)CCCCCCCCCCCCCCCCCCCCC.